The van der Waals surface area contributed by atoms with Gasteiger partial charge in [-0.1, -0.05) is 13.8 Å². The fraction of sp³-hybridized carbons (Fsp3) is 0.857. The summed E-state index contributed by atoms with van der Waals surface area (Å²) < 4.78 is 0. The second kappa shape index (κ2) is 10.9. The zero-order valence-electron chi connectivity index (χ0n) is 6.68. The lowest BCUT2D eigenvalue weighted by atomic mass is 10.2. The Labute approximate surface area is 62.2 Å². The number of aldehydes is 1. The van der Waals surface area contributed by atoms with Crippen molar-refractivity contribution in [3.63, 3.8) is 0 Å². The molecular formula is C7H16OS. The highest BCUT2D eigenvalue weighted by Gasteiger charge is 1.89. The Balaban J connectivity index is 0. The molecule has 9 heavy (non-hydrogen) atoms. The number of thioether (sulfide) groups is 1. The van der Waals surface area contributed by atoms with Crippen molar-refractivity contribution in [1.82, 2.24) is 0 Å². The molecule has 0 amide bonds. The molecule has 0 aliphatic heterocycles. The van der Waals surface area contributed by atoms with Gasteiger partial charge in [-0.05, 0) is 18.9 Å². The fourth-order valence-corrected chi connectivity index (χ4v) is 0.0962. The first-order valence-electron chi connectivity index (χ1n) is 3.08. The maximum atomic E-state index is 9.74. The van der Waals surface area contributed by atoms with Crippen LogP contribution in [0.4, 0.5) is 0 Å². The van der Waals surface area contributed by atoms with E-state index in [1.54, 1.807) is 11.8 Å². The standard InChI is InChI=1S/C5H10O.C2H6S/c1-3-5(2)4-6;1-3-2/h4-5H,3H2,1-2H3;1-2H3. The van der Waals surface area contributed by atoms with Crippen molar-refractivity contribution in [3.05, 3.63) is 0 Å². The second-order valence-corrected chi connectivity index (χ2v) is 2.75. The number of hydrogen-bond donors (Lipinski definition) is 0. The van der Waals surface area contributed by atoms with E-state index < -0.39 is 0 Å². The molecule has 0 aromatic carbocycles. The summed E-state index contributed by atoms with van der Waals surface area (Å²) in [6.45, 7) is 3.91. The maximum Gasteiger partial charge on any atom is 0.122 e. The molecule has 1 unspecified atom stereocenters. The third-order valence-corrected chi connectivity index (χ3v) is 0.876. The van der Waals surface area contributed by atoms with Crippen LogP contribution in [-0.4, -0.2) is 18.8 Å². The molecule has 1 atom stereocenters. The van der Waals surface area contributed by atoms with Crippen molar-refractivity contribution in [3.8, 4) is 0 Å². The van der Waals surface area contributed by atoms with E-state index in [1.807, 2.05) is 26.4 Å². The number of rotatable bonds is 2. The number of carbonyl (C=O) groups excluding carboxylic acids is 1. The number of hydrogen-bond acceptors (Lipinski definition) is 2. The third kappa shape index (κ3) is 18.0. The zero-order chi connectivity index (χ0) is 7.70. The average Bonchev–Trinajstić information content (AvgIpc) is 1.88. The van der Waals surface area contributed by atoms with E-state index in [0.29, 0.717) is 0 Å². The van der Waals surface area contributed by atoms with Crippen LogP contribution in [0, 0.1) is 5.92 Å². The summed E-state index contributed by atoms with van der Waals surface area (Å²) in [6, 6.07) is 0. The first kappa shape index (κ1) is 11.8. The summed E-state index contributed by atoms with van der Waals surface area (Å²) in [4.78, 5) is 9.74. The van der Waals surface area contributed by atoms with Crippen LogP contribution < -0.4 is 0 Å². The Bertz CT molecular complexity index is 54.9. The van der Waals surface area contributed by atoms with E-state index in [-0.39, 0.29) is 5.92 Å². The molecule has 0 N–H and O–H groups in total. The van der Waals surface area contributed by atoms with Gasteiger partial charge in [0.05, 0.1) is 0 Å². The van der Waals surface area contributed by atoms with Crippen LogP contribution in [0.2, 0.25) is 0 Å². The van der Waals surface area contributed by atoms with Gasteiger partial charge in [-0.3, -0.25) is 0 Å². The van der Waals surface area contributed by atoms with Crippen LogP contribution in [0.15, 0.2) is 0 Å². The normalized spacial score (nSPS) is 11.1. The Morgan fingerprint density at radius 1 is 1.56 bits per heavy atom. The molecule has 0 aliphatic carbocycles. The van der Waals surface area contributed by atoms with E-state index in [1.165, 1.54) is 0 Å². The predicted octanol–water partition coefficient (Wildman–Crippen LogP) is 2.21. The highest BCUT2D eigenvalue weighted by atomic mass is 32.2. The molecule has 56 valence electrons. The molecule has 0 bridgehead atoms. The van der Waals surface area contributed by atoms with Gasteiger partial charge < -0.3 is 4.79 Å². The third-order valence-electron chi connectivity index (χ3n) is 0.876. The maximum absolute atomic E-state index is 9.74. The first-order chi connectivity index (χ1) is 4.22. The Kier molecular flexibility index (Phi) is 14.3. The second-order valence-electron chi connectivity index (χ2n) is 1.93. The molecule has 0 fully saturated rings. The smallest absolute Gasteiger partial charge is 0.122 e. The molecule has 0 spiro atoms. The van der Waals surface area contributed by atoms with E-state index in [9.17, 15) is 4.79 Å². The van der Waals surface area contributed by atoms with Gasteiger partial charge in [-0.25, -0.2) is 0 Å². The molecule has 1 nitrogen and oxygen atoms in total. The zero-order valence-corrected chi connectivity index (χ0v) is 7.49. The summed E-state index contributed by atoms with van der Waals surface area (Å²) in [7, 11) is 0. The van der Waals surface area contributed by atoms with Crippen LogP contribution in [0.1, 0.15) is 20.3 Å². The minimum Gasteiger partial charge on any atom is -0.303 e. The van der Waals surface area contributed by atoms with Crippen molar-refractivity contribution >= 4 is 18.0 Å². The molecule has 0 heterocycles. The van der Waals surface area contributed by atoms with Gasteiger partial charge in [0.2, 0.25) is 0 Å². The topological polar surface area (TPSA) is 17.1 Å². The average molecular weight is 148 g/mol. The van der Waals surface area contributed by atoms with Crippen LogP contribution in [0.5, 0.6) is 0 Å². The highest BCUT2D eigenvalue weighted by molar-refractivity contribution is 7.97. The first-order valence-corrected chi connectivity index (χ1v) is 4.71. The highest BCUT2D eigenvalue weighted by Crippen LogP contribution is 1.91. The van der Waals surface area contributed by atoms with Crippen molar-refractivity contribution in [1.29, 1.82) is 0 Å². The summed E-state index contributed by atoms with van der Waals surface area (Å²) in [5.41, 5.74) is 0. The SMILES string of the molecule is CCC(C)C=O.CSC. The summed E-state index contributed by atoms with van der Waals surface area (Å²) in [5.74, 6) is 0.255. The largest absolute Gasteiger partial charge is 0.303 e. The summed E-state index contributed by atoms with van der Waals surface area (Å²) in [6.07, 6.45) is 6.02. The molecule has 2 heteroatoms. The van der Waals surface area contributed by atoms with Gasteiger partial charge in [0.1, 0.15) is 6.29 Å². The fourth-order valence-electron chi connectivity index (χ4n) is 0.0962. The molecule has 0 radical (unpaired) electrons. The van der Waals surface area contributed by atoms with Gasteiger partial charge in [-0.15, -0.1) is 0 Å². The molecular weight excluding hydrogens is 132 g/mol. The summed E-state index contributed by atoms with van der Waals surface area (Å²) >= 11 is 1.75. The number of carbonyl (C=O) groups is 1. The van der Waals surface area contributed by atoms with Gasteiger partial charge in [0.15, 0.2) is 0 Å². The van der Waals surface area contributed by atoms with Crippen molar-refractivity contribution in [2.24, 2.45) is 5.92 Å². The van der Waals surface area contributed by atoms with Crippen molar-refractivity contribution < 1.29 is 4.79 Å². The van der Waals surface area contributed by atoms with E-state index in [0.717, 1.165) is 12.7 Å². The molecule has 0 aliphatic rings. The van der Waals surface area contributed by atoms with E-state index in [2.05, 4.69) is 0 Å². The molecule has 0 saturated heterocycles. The van der Waals surface area contributed by atoms with Gasteiger partial charge in [0.25, 0.3) is 0 Å². The van der Waals surface area contributed by atoms with Crippen LogP contribution >= 0.6 is 11.8 Å². The lowest BCUT2D eigenvalue weighted by molar-refractivity contribution is -0.110. The van der Waals surface area contributed by atoms with Crippen molar-refractivity contribution in [2.45, 2.75) is 20.3 Å². The lowest BCUT2D eigenvalue weighted by Gasteiger charge is -1.89. The van der Waals surface area contributed by atoms with Gasteiger partial charge in [0, 0.05) is 5.92 Å². The monoisotopic (exact) mass is 148 g/mol. The molecule has 0 saturated carbocycles. The van der Waals surface area contributed by atoms with Crippen LogP contribution in [-0.2, 0) is 4.79 Å². The van der Waals surface area contributed by atoms with Crippen LogP contribution in [0.25, 0.3) is 0 Å². The quantitative estimate of drug-likeness (QED) is 0.558. The van der Waals surface area contributed by atoms with E-state index >= 15 is 0 Å². The minimum absolute atomic E-state index is 0.255. The lowest BCUT2D eigenvalue weighted by Crippen LogP contribution is -1.89. The van der Waals surface area contributed by atoms with E-state index in [4.69, 9.17) is 0 Å². The molecule has 0 aromatic heterocycles. The van der Waals surface area contributed by atoms with Gasteiger partial charge in [-0.2, -0.15) is 11.8 Å². The van der Waals surface area contributed by atoms with Crippen LogP contribution in [0.3, 0.4) is 0 Å². The predicted molar refractivity (Wildman–Crippen MR) is 45.0 cm³/mol. The van der Waals surface area contributed by atoms with Crippen molar-refractivity contribution in [2.75, 3.05) is 12.5 Å². The van der Waals surface area contributed by atoms with Gasteiger partial charge >= 0.3 is 0 Å². The Morgan fingerprint density at radius 2 is 1.89 bits per heavy atom. The Morgan fingerprint density at radius 3 is 1.89 bits per heavy atom. The minimum atomic E-state index is 0.255. The summed E-state index contributed by atoms with van der Waals surface area (Å²) in [5, 5.41) is 0. The Hall–Kier alpha value is 0.0200. The molecule has 0 rings (SSSR count). The molecule has 0 aromatic rings.